The van der Waals surface area contributed by atoms with Crippen molar-refractivity contribution in [3.8, 4) is 0 Å². The van der Waals surface area contributed by atoms with Crippen molar-refractivity contribution in [2.24, 2.45) is 5.92 Å². The van der Waals surface area contributed by atoms with E-state index in [0.717, 1.165) is 19.3 Å². The maximum Gasteiger partial charge on any atom is 0.296 e. The maximum absolute atomic E-state index is 11.5. The molecule has 19 heavy (non-hydrogen) atoms. The Bertz CT molecular complexity index is 497. The molecule has 110 valence electrons. The minimum atomic E-state index is -3.83. The summed E-state index contributed by atoms with van der Waals surface area (Å²) in [5, 5.41) is 7.58. The number of aryl methyl sites for hydroxylation is 1. The molecule has 5 nitrogen and oxygen atoms in total. The molecule has 0 bridgehead atoms. The zero-order valence-electron chi connectivity index (χ0n) is 11.8. The number of halogens is 1. The SMILES string of the molecule is CCCCCCc1nnc(S(=O)(=O)Cl)n1CC(C)C. The molecule has 0 fully saturated rings. The molecule has 1 rings (SSSR count). The predicted octanol–water partition coefficient (Wildman–Crippen LogP) is 2.98. The zero-order chi connectivity index (χ0) is 14.5. The van der Waals surface area contributed by atoms with Gasteiger partial charge in [0.2, 0.25) is 0 Å². The number of nitrogens with zero attached hydrogens (tertiary/aromatic N) is 3. The lowest BCUT2D eigenvalue weighted by atomic mass is 10.1. The monoisotopic (exact) mass is 307 g/mol. The Balaban J connectivity index is 2.88. The van der Waals surface area contributed by atoms with E-state index < -0.39 is 9.05 Å². The van der Waals surface area contributed by atoms with Crippen LogP contribution in [-0.2, 0) is 22.0 Å². The van der Waals surface area contributed by atoms with Gasteiger partial charge in [-0.05, 0) is 12.3 Å². The second kappa shape index (κ2) is 7.24. The Hall–Kier alpha value is -0.620. The fraction of sp³-hybridized carbons (Fsp3) is 0.833. The van der Waals surface area contributed by atoms with E-state index in [1.807, 2.05) is 13.8 Å². The molecule has 0 radical (unpaired) electrons. The number of unbranched alkanes of at least 4 members (excludes halogenated alkanes) is 3. The molecule has 1 aromatic heterocycles. The summed E-state index contributed by atoms with van der Waals surface area (Å²) in [4.78, 5) is 0. The van der Waals surface area contributed by atoms with E-state index in [4.69, 9.17) is 10.7 Å². The quantitative estimate of drug-likeness (QED) is 0.547. The molecule has 0 atom stereocenters. The normalized spacial score (nSPS) is 12.3. The minimum Gasteiger partial charge on any atom is -0.301 e. The lowest BCUT2D eigenvalue weighted by molar-refractivity contribution is 0.468. The van der Waals surface area contributed by atoms with Gasteiger partial charge in [-0.25, -0.2) is 8.42 Å². The van der Waals surface area contributed by atoms with Crippen molar-refractivity contribution in [3.05, 3.63) is 5.82 Å². The first kappa shape index (κ1) is 16.4. The Kier molecular flexibility index (Phi) is 6.26. The first-order valence-corrected chi connectivity index (χ1v) is 9.04. The van der Waals surface area contributed by atoms with Gasteiger partial charge in [-0.1, -0.05) is 40.0 Å². The van der Waals surface area contributed by atoms with Crippen LogP contribution in [-0.4, -0.2) is 23.2 Å². The van der Waals surface area contributed by atoms with Crippen molar-refractivity contribution < 1.29 is 8.42 Å². The van der Waals surface area contributed by atoms with E-state index in [2.05, 4.69) is 17.1 Å². The summed E-state index contributed by atoms with van der Waals surface area (Å²) in [5.41, 5.74) is 0. The summed E-state index contributed by atoms with van der Waals surface area (Å²) < 4.78 is 24.6. The second-order valence-electron chi connectivity index (χ2n) is 5.15. The number of rotatable bonds is 8. The summed E-state index contributed by atoms with van der Waals surface area (Å²) in [6, 6.07) is 0. The molecule has 0 unspecified atom stereocenters. The molecule has 0 saturated heterocycles. The third kappa shape index (κ3) is 5.10. The second-order valence-corrected chi connectivity index (χ2v) is 7.61. The standard InChI is InChI=1S/C12H22ClN3O2S/c1-4-5-6-7-8-11-14-15-12(19(13,17)18)16(11)9-10(2)3/h10H,4-9H2,1-3H3. The third-order valence-corrected chi connectivity index (χ3v) is 3.97. The maximum atomic E-state index is 11.5. The smallest absolute Gasteiger partial charge is 0.296 e. The molecule has 0 saturated carbocycles. The van der Waals surface area contributed by atoms with E-state index in [1.54, 1.807) is 4.57 Å². The van der Waals surface area contributed by atoms with Crippen molar-refractivity contribution >= 4 is 19.7 Å². The first-order chi connectivity index (χ1) is 8.86. The summed E-state index contributed by atoms with van der Waals surface area (Å²) in [7, 11) is 1.56. The molecule has 0 aromatic carbocycles. The van der Waals surface area contributed by atoms with Crippen LogP contribution in [0.5, 0.6) is 0 Å². The summed E-state index contributed by atoms with van der Waals surface area (Å²) >= 11 is 0. The van der Waals surface area contributed by atoms with Crippen LogP contribution in [0, 0.1) is 5.92 Å². The highest BCUT2D eigenvalue weighted by atomic mass is 35.7. The molecule has 0 aliphatic carbocycles. The van der Waals surface area contributed by atoms with Crippen molar-refractivity contribution in [3.63, 3.8) is 0 Å². The summed E-state index contributed by atoms with van der Waals surface area (Å²) in [6.07, 6.45) is 5.20. The van der Waals surface area contributed by atoms with Gasteiger partial charge in [-0.2, -0.15) is 0 Å². The number of aromatic nitrogens is 3. The average molecular weight is 308 g/mol. The van der Waals surface area contributed by atoms with Crippen LogP contribution in [0.3, 0.4) is 0 Å². The Morgan fingerprint density at radius 1 is 1.21 bits per heavy atom. The lowest BCUT2D eigenvalue weighted by Crippen LogP contribution is -2.13. The Labute approximate surface area is 119 Å². The van der Waals surface area contributed by atoms with Crippen LogP contribution >= 0.6 is 10.7 Å². The molecule has 0 amide bonds. The molecule has 0 spiro atoms. The fourth-order valence-corrected chi connectivity index (χ4v) is 2.87. The van der Waals surface area contributed by atoms with Crippen LogP contribution in [0.25, 0.3) is 0 Å². The lowest BCUT2D eigenvalue weighted by Gasteiger charge is -2.11. The van der Waals surface area contributed by atoms with E-state index in [-0.39, 0.29) is 5.16 Å². The third-order valence-electron chi connectivity index (χ3n) is 2.81. The molecule has 0 aliphatic rings. The van der Waals surface area contributed by atoms with Gasteiger partial charge < -0.3 is 4.57 Å². The van der Waals surface area contributed by atoms with Gasteiger partial charge in [0.15, 0.2) is 0 Å². The summed E-state index contributed by atoms with van der Waals surface area (Å²) in [5.74, 6) is 1.02. The van der Waals surface area contributed by atoms with Crippen LogP contribution in [0.1, 0.15) is 52.3 Å². The molecule has 0 N–H and O–H groups in total. The van der Waals surface area contributed by atoms with Gasteiger partial charge in [0, 0.05) is 23.6 Å². The fourth-order valence-electron chi connectivity index (χ4n) is 1.94. The highest BCUT2D eigenvalue weighted by Crippen LogP contribution is 2.17. The van der Waals surface area contributed by atoms with Gasteiger partial charge in [-0.15, -0.1) is 10.2 Å². The van der Waals surface area contributed by atoms with Crippen LogP contribution in [0.15, 0.2) is 5.16 Å². The van der Waals surface area contributed by atoms with Crippen molar-refractivity contribution in [1.82, 2.24) is 14.8 Å². The molecule has 7 heteroatoms. The van der Waals surface area contributed by atoms with Gasteiger partial charge in [0.05, 0.1) is 0 Å². The minimum absolute atomic E-state index is 0.131. The highest BCUT2D eigenvalue weighted by Gasteiger charge is 2.22. The Morgan fingerprint density at radius 2 is 1.89 bits per heavy atom. The Morgan fingerprint density at radius 3 is 2.42 bits per heavy atom. The molecule has 0 aliphatic heterocycles. The van der Waals surface area contributed by atoms with E-state index in [9.17, 15) is 8.42 Å². The van der Waals surface area contributed by atoms with Crippen LogP contribution < -0.4 is 0 Å². The predicted molar refractivity (Wildman–Crippen MR) is 75.7 cm³/mol. The van der Waals surface area contributed by atoms with E-state index in [1.165, 1.54) is 12.8 Å². The topological polar surface area (TPSA) is 64.8 Å². The van der Waals surface area contributed by atoms with Crippen molar-refractivity contribution in [2.45, 2.75) is 64.6 Å². The molecule has 1 aromatic rings. The largest absolute Gasteiger partial charge is 0.301 e. The summed E-state index contributed by atoms with van der Waals surface area (Å²) in [6.45, 7) is 6.76. The van der Waals surface area contributed by atoms with E-state index in [0.29, 0.717) is 18.3 Å². The highest BCUT2D eigenvalue weighted by molar-refractivity contribution is 8.13. The molecule has 1 heterocycles. The van der Waals surface area contributed by atoms with Crippen molar-refractivity contribution in [2.75, 3.05) is 0 Å². The first-order valence-electron chi connectivity index (χ1n) is 6.73. The van der Waals surface area contributed by atoms with Gasteiger partial charge in [0.1, 0.15) is 5.82 Å². The average Bonchev–Trinajstić information content (AvgIpc) is 2.66. The molecular formula is C12H22ClN3O2S. The van der Waals surface area contributed by atoms with E-state index >= 15 is 0 Å². The van der Waals surface area contributed by atoms with Gasteiger partial charge >= 0.3 is 0 Å². The number of hydrogen-bond acceptors (Lipinski definition) is 4. The van der Waals surface area contributed by atoms with Gasteiger partial charge in [-0.3, -0.25) is 0 Å². The zero-order valence-corrected chi connectivity index (χ0v) is 13.3. The number of hydrogen-bond donors (Lipinski definition) is 0. The van der Waals surface area contributed by atoms with Crippen LogP contribution in [0.4, 0.5) is 0 Å². The van der Waals surface area contributed by atoms with Crippen molar-refractivity contribution in [1.29, 1.82) is 0 Å². The van der Waals surface area contributed by atoms with Crippen LogP contribution in [0.2, 0.25) is 0 Å². The molecular weight excluding hydrogens is 286 g/mol. The van der Waals surface area contributed by atoms with Gasteiger partial charge in [0.25, 0.3) is 14.2 Å².